The van der Waals surface area contributed by atoms with Gasteiger partial charge in [-0.05, 0) is 43.0 Å². The Morgan fingerprint density at radius 2 is 1.94 bits per heavy atom. The molecule has 2 heterocycles. The lowest BCUT2D eigenvalue weighted by molar-refractivity contribution is -0.121. The van der Waals surface area contributed by atoms with Crippen LogP contribution in [0.25, 0.3) is 22.1 Å². The minimum atomic E-state index is -0.250. The summed E-state index contributed by atoms with van der Waals surface area (Å²) in [5.74, 6) is 0.625. The second-order valence-corrected chi connectivity index (χ2v) is 8.85. The molecule has 4 aromatic rings. The molecule has 1 amide bonds. The number of nitrogens with one attached hydrogen (secondary N) is 1. The minimum Gasteiger partial charge on any atom is -0.353 e. The first-order valence-electron chi connectivity index (χ1n) is 10.5. The van der Waals surface area contributed by atoms with Crippen molar-refractivity contribution in [3.63, 3.8) is 0 Å². The monoisotopic (exact) mass is 435 g/mol. The molecule has 1 N–H and O–H groups in total. The molecule has 0 saturated heterocycles. The Bertz CT molecular complexity index is 1240. The molecule has 1 fully saturated rings. The van der Waals surface area contributed by atoms with Crippen molar-refractivity contribution in [2.45, 2.75) is 43.4 Å². The summed E-state index contributed by atoms with van der Waals surface area (Å²) in [7, 11) is 0. The Hall–Kier alpha value is -3.00. The highest BCUT2D eigenvalue weighted by molar-refractivity contribution is 7.99. The number of benzene rings is 2. The quantitative estimate of drug-likeness (QED) is 0.330. The third-order valence-corrected chi connectivity index (χ3v) is 6.25. The van der Waals surface area contributed by atoms with Crippen molar-refractivity contribution in [1.29, 1.82) is 0 Å². The molecule has 0 unspecified atom stereocenters. The molecular weight excluding hydrogens is 413 g/mol. The molecule has 0 spiro atoms. The Morgan fingerprint density at radius 1 is 1.13 bits per heavy atom. The van der Waals surface area contributed by atoms with Crippen molar-refractivity contribution in [2.24, 2.45) is 0 Å². The smallest absolute Gasteiger partial charge is 0.220 e. The zero-order chi connectivity index (χ0) is 21.2. The summed E-state index contributed by atoms with van der Waals surface area (Å²) in [5, 5.41) is 13.4. The Kier molecular flexibility index (Phi) is 5.55. The fourth-order valence-electron chi connectivity index (χ4n) is 3.61. The summed E-state index contributed by atoms with van der Waals surface area (Å²) in [5.41, 5.74) is 3.52. The topological polar surface area (TPSA) is 72.7 Å². The van der Waals surface area contributed by atoms with Crippen molar-refractivity contribution in [3.05, 3.63) is 59.9 Å². The van der Waals surface area contributed by atoms with E-state index in [-0.39, 0.29) is 11.7 Å². The molecule has 0 atom stereocenters. The summed E-state index contributed by atoms with van der Waals surface area (Å²) < 4.78 is 15.4. The average Bonchev–Trinajstić information content (AvgIpc) is 3.55. The van der Waals surface area contributed by atoms with Gasteiger partial charge in [0.1, 0.15) is 11.3 Å². The summed E-state index contributed by atoms with van der Waals surface area (Å²) in [4.78, 5) is 16.6. The summed E-state index contributed by atoms with van der Waals surface area (Å²) in [6.07, 6.45) is 3.49. The molecule has 0 bridgehead atoms. The molecule has 2 aromatic carbocycles. The highest BCUT2D eigenvalue weighted by Gasteiger charge is 2.22. The maximum absolute atomic E-state index is 13.3. The van der Waals surface area contributed by atoms with E-state index in [0.717, 1.165) is 52.6 Å². The number of amides is 1. The molecule has 1 saturated carbocycles. The van der Waals surface area contributed by atoms with Gasteiger partial charge in [-0.2, -0.15) is 0 Å². The van der Waals surface area contributed by atoms with Gasteiger partial charge in [0.25, 0.3) is 0 Å². The number of aromatic nitrogens is 4. The molecule has 0 aliphatic heterocycles. The molecule has 31 heavy (non-hydrogen) atoms. The highest BCUT2D eigenvalue weighted by Crippen LogP contribution is 2.28. The number of nitrogens with zero attached hydrogens (tertiary/aromatic N) is 4. The van der Waals surface area contributed by atoms with Gasteiger partial charge in [-0.3, -0.25) is 4.79 Å². The van der Waals surface area contributed by atoms with E-state index in [2.05, 4.69) is 20.1 Å². The number of halogens is 1. The first kappa shape index (κ1) is 19.9. The largest absolute Gasteiger partial charge is 0.353 e. The SMILES string of the molecule is O=C(CCCSc1nnc2c3ccccc3n(Cc3ccc(F)cc3)c2n1)NC1CC1. The zero-order valence-electron chi connectivity index (χ0n) is 16.9. The first-order valence-corrected chi connectivity index (χ1v) is 11.4. The molecule has 6 nitrogen and oxygen atoms in total. The predicted molar refractivity (Wildman–Crippen MR) is 119 cm³/mol. The normalized spacial score (nSPS) is 13.7. The van der Waals surface area contributed by atoms with Crippen LogP contribution in [0.1, 0.15) is 31.2 Å². The van der Waals surface area contributed by atoms with E-state index in [1.54, 1.807) is 12.1 Å². The van der Waals surface area contributed by atoms with Crippen molar-refractivity contribution in [1.82, 2.24) is 25.1 Å². The molecular formula is C23H22FN5OS. The van der Waals surface area contributed by atoms with Crippen LogP contribution in [0, 0.1) is 5.82 Å². The van der Waals surface area contributed by atoms with Crippen molar-refractivity contribution in [2.75, 3.05) is 5.75 Å². The van der Waals surface area contributed by atoms with Crippen LogP contribution in [-0.2, 0) is 11.3 Å². The maximum Gasteiger partial charge on any atom is 0.220 e. The molecule has 1 aliphatic rings. The fourth-order valence-corrected chi connectivity index (χ4v) is 4.33. The number of fused-ring (bicyclic) bond motifs is 3. The van der Waals surface area contributed by atoms with Gasteiger partial charge in [0.15, 0.2) is 5.65 Å². The number of carbonyl (C=O) groups is 1. The standard InChI is InChI=1S/C23H22FN5OS/c24-16-9-7-15(8-10-16)14-29-19-5-2-1-4-18(19)21-22(29)26-23(28-27-21)31-13-3-6-20(30)25-17-11-12-17/h1-2,4-5,7-10,17H,3,6,11-14H2,(H,25,30). The van der Waals surface area contributed by atoms with Gasteiger partial charge in [-0.25, -0.2) is 9.37 Å². The number of rotatable bonds is 8. The van der Waals surface area contributed by atoms with Gasteiger partial charge in [-0.1, -0.05) is 42.1 Å². The van der Waals surface area contributed by atoms with Gasteiger partial charge in [0.05, 0.1) is 5.52 Å². The van der Waals surface area contributed by atoms with E-state index in [0.29, 0.717) is 24.2 Å². The van der Waals surface area contributed by atoms with Crippen LogP contribution in [0.5, 0.6) is 0 Å². The third-order valence-electron chi connectivity index (χ3n) is 5.33. The van der Waals surface area contributed by atoms with Crippen LogP contribution in [0.2, 0.25) is 0 Å². The lowest BCUT2D eigenvalue weighted by Crippen LogP contribution is -2.25. The maximum atomic E-state index is 13.3. The number of thioether (sulfide) groups is 1. The van der Waals surface area contributed by atoms with Crippen LogP contribution in [-0.4, -0.2) is 37.5 Å². The minimum absolute atomic E-state index is 0.122. The molecule has 0 radical (unpaired) electrons. The van der Waals surface area contributed by atoms with Crippen molar-refractivity contribution < 1.29 is 9.18 Å². The van der Waals surface area contributed by atoms with E-state index >= 15 is 0 Å². The van der Waals surface area contributed by atoms with E-state index in [4.69, 9.17) is 4.98 Å². The zero-order valence-corrected chi connectivity index (χ0v) is 17.7. The number of hydrogen-bond donors (Lipinski definition) is 1. The Morgan fingerprint density at radius 3 is 2.74 bits per heavy atom. The number of carbonyl (C=O) groups excluding carboxylic acids is 1. The molecule has 2 aromatic heterocycles. The molecule has 5 rings (SSSR count). The van der Waals surface area contributed by atoms with Gasteiger partial charge < -0.3 is 9.88 Å². The van der Waals surface area contributed by atoms with E-state index in [1.807, 2.05) is 24.3 Å². The predicted octanol–water partition coefficient (Wildman–Crippen LogP) is 4.32. The van der Waals surface area contributed by atoms with Gasteiger partial charge in [0.2, 0.25) is 11.1 Å². The molecule has 158 valence electrons. The van der Waals surface area contributed by atoms with E-state index in [1.165, 1.54) is 23.9 Å². The number of para-hydroxylation sites is 1. The summed E-state index contributed by atoms with van der Waals surface area (Å²) in [6.45, 7) is 0.564. The van der Waals surface area contributed by atoms with Crippen LogP contribution in [0.3, 0.4) is 0 Å². The first-order chi connectivity index (χ1) is 15.2. The van der Waals surface area contributed by atoms with Gasteiger partial charge in [0, 0.05) is 30.1 Å². The lowest BCUT2D eigenvalue weighted by atomic mass is 10.2. The average molecular weight is 436 g/mol. The van der Waals surface area contributed by atoms with Crippen LogP contribution in [0.15, 0.2) is 53.7 Å². The second kappa shape index (κ2) is 8.63. The lowest BCUT2D eigenvalue weighted by Gasteiger charge is -2.07. The van der Waals surface area contributed by atoms with Crippen LogP contribution < -0.4 is 5.32 Å². The van der Waals surface area contributed by atoms with Crippen LogP contribution >= 0.6 is 11.8 Å². The van der Waals surface area contributed by atoms with Crippen LogP contribution in [0.4, 0.5) is 4.39 Å². The molecule has 8 heteroatoms. The summed E-state index contributed by atoms with van der Waals surface area (Å²) in [6, 6.07) is 14.9. The summed E-state index contributed by atoms with van der Waals surface area (Å²) >= 11 is 1.51. The van der Waals surface area contributed by atoms with E-state index < -0.39 is 0 Å². The fraction of sp³-hybridized carbons (Fsp3) is 0.304. The van der Waals surface area contributed by atoms with Gasteiger partial charge in [-0.15, -0.1) is 10.2 Å². The van der Waals surface area contributed by atoms with Gasteiger partial charge >= 0.3 is 0 Å². The third kappa shape index (κ3) is 4.54. The Labute approximate surface area is 183 Å². The van der Waals surface area contributed by atoms with E-state index in [9.17, 15) is 9.18 Å². The number of hydrogen-bond acceptors (Lipinski definition) is 5. The highest BCUT2D eigenvalue weighted by atomic mass is 32.2. The second-order valence-electron chi connectivity index (χ2n) is 7.79. The molecule has 1 aliphatic carbocycles. The Balaban J connectivity index is 1.37. The van der Waals surface area contributed by atoms with Crippen molar-refractivity contribution in [3.8, 4) is 0 Å². The van der Waals surface area contributed by atoms with Crippen molar-refractivity contribution >= 4 is 39.7 Å².